The Morgan fingerprint density at radius 1 is 1.30 bits per heavy atom. The van der Waals surface area contributed by atoms with E-state index in [1.807, 2.05) is 6.07 Å². The molecule has 2 rings (SSSR count). The molecule has 0 spiro atoms. The molecule has 6 nitrogen and oxygen atoms in total. The van der Waals surface area contributed by atoms with Crippen LogP contribution in [0.15, 0.2) is 12.4 Å². The van der Waals surface area contributed by atoms with E-state index >= 15 is 0 Å². The van der Waals surface area contributed by atoms with Crippen molar-refractivity contribution >= 4 is 11.7 Å². The zero-order valence-electron chi connectivity index (χ0n) is 15.0. The molecular weight excluding hydrogens is 290 g/mol. The van der Waals surface area contributed by atoms with Crippen LogP contribution >= 0.6 is 0 Å². The van der Waals surface area contributed by atoms with Gasteiger partial charge in [0.15, 0.2) is 0 Å². The lowest BCUT2D eigenvalue weighted by Gasteiger charge is -2.32. The Labute approximate surface area is 139 Å². The average Bonchev–Trinajstić information content (AvgIpc) is 2.48. The van der Waals surface area contributed by atoms with Crippen molar-refractivity contribution in [1.82, 2.24) is 19.8 Å². The van der Waals surface area contributed by atoms with Crippen molar-refractivity contribution in [2.75, 3.05) is 39.0 Å². The summed E-state index contributed by atoms with van der Waals surface area (Å²) in [6.07, 6.45) is 3.68. The van der Waals surface area contributed by atoms with E-state index < -0.39 is 0 Å². The minimum absolute atomic E-state index is 0.0231. The number of hydrogen-bond acceptors (Lipinski definition) is 5. The Morgan fingerprint density at radius 2 is 1.96 bits per heavy atom. The molecule has 2 heterocycles. The predicted molar refractivity (Wildman–Crippen MR) is 92.5 cm³/mol. The summed E-state index contributed by atoms with van der Waals surface area (Å²) < 4.78 is 0. The van der Waals surface area contributed by atoms with Gasteiger partial charge in [-0.2, -0.15) is 0 Å². The molecule has 1 aromatic rings. The van der Waals surface area contributed by atoms with E-state index in [9.17, 15) is 4.79 Å². The van der Waals surface area contributed by atoms with Gasteiger partial charge in [0.1, 0.15) is 12.1 Å². The van der Waals surface area contributed by atoms with Crippen LogP contribution in [0.4, 0.5) is 5.82 Å². The number of anilines is 1. The van der Waals surface area contributed by atoms with Gasteiger partial charge in [-0.3, -0.25) is 9.69 Å². The maximum absolute atomic E-state index is 11.8. The smallest absolute Gasteiger partial charge is 0.236 e. The van der Waals surface area contributed by atoms with Crippen LogP contribution < -0.4 is 5.32 Å². The minimum Gasteiger partial charge on any atom is -0.367 e. The van der Waals surface area contributed by atoms with Crippen LogP contribution in [0.1, 0.15) is 39.3 Å². The van der Waals surface area contributed by atoms with Gasteiger partial charge in [0.2, 0.25) is 5.91 Å². The second-order valence-corrected chi connectivity index (χ2v) is 7.52. The molecule has 1 aromatic heterocycles. The van der Waals surface area contributed by atoms with Gasteiger partial charge in [0.25, 0.3) is 0 Å². The molecule has 1 amide bonds. The van der Waals surface area contributed by atoms with E-state index in [1.54, 1.807) is 25.3 Å². The maximum atomic E-state index is 11.8. The first-order chi connectivity index (χ1) is 10.8. The van der Waals surface area contributed by atoms with Crippen molar-refractivity contribution in [3.05, 3.63) is 18.1 Å². The second-order valence-electron chi connectivity index (χ2n) is 7.52. The van der Waals surface area contributed by atoms with Crippen LogP contribution in [0.3, 0.4) is 0 Å². The van der Waals surface area contributed by atoms with Crippen LogP contribution in [0.25, 0.3) is 0 Å². The van der Waals surface area contributed by atoms with Crippen molar-refractivity contribution in [2.24, 2.45) is 0 Å². The molecule has 0 aliphatic carbocycles. The molecular formula is C17H29N5O. The highest BCUT2D eigenvalue weighted by Crippen LogP contribution is 2.22. The summed E-state index contributed by atoms with van der Waals surface area (Å²) in [5.41, 5.74) is 1.07. The molecule has 1 fully saturated rings. The number of piperidine rings is 1. The maximum Gasteiger partial charge on any atom is 0.236 e. The van der Waals surface area contributed by atoms with Gasteiger partial charge in [-0.25, -0.2) is 9.97 Å². The second kappa shape index (κ2) is 7.25. The zero-order valence-corrected chi connectivity index (χ0v) is 15.0. The van der Waals surface area contributed by atoms with Gasteiger partial charge in [-0.15, -0.1) is 0 Å². The van der Waals surface area contributed by atoms with Gasteiger partial charge in [-0.1, -0.05) is 20.8 Å². The number of carbonyl (C=O) groups excluding carboxylic acids is 1. The first kappa shape index (κ1) is 17.7. The fourth-order valence-corrected chi connectivity index (χ4v) is 2.62. The molecule has 1 N–H and O–H groups in total. The Bertz CT molecular complexity index is 530. The summed E-state index contributed by atoms with van der Waals surface area (Å²) in [7, 11) is 3.61. The van der Waals surface area contributed by atoms with Crippen LogP contribution in [0, 0.1) is 0 Å². The molecule has 6 heteroatoms. The molecule has 0 bridgehead atoms. The highest BCUT2D eigenvalue weighted by molar-refractivity contribution is 5.77. The number of carbonyl (C=O) groups is 1. The number of aromatic nitrogens is 2. The molecule has 0 radical (unpaired) electrons. The molecule has 1 aliphatic rings. The Kier molecular flexibility index (Phi) is 5.57. The predicted octanol–water partition coefficient (Wildman–Crippen LogP) is 1.74. The Hall–Kier alpha value is -1.69. The largest absolute Gasteiger partial charge is 0.367 e. The monoisotopic (exact) mass is 319 g/mol. The molecule has 0 saturated carbocycles. The van der Waals surface area contributed by atoms with Crippen molar-refractivity contribution in [3.8, 4) is 0 Å². The SMILES string of the molecule is CN(C)C(=O)CN1CCC(Nc2cc(C(C)(C)C)ncn2)CC1. The van der Waals surface area contributed by atoms with E-state index in [1.165, 1.54) is 0 Å². The van der Waals surface area contributed by atoms with Crippen molar-refractivity contribution < 1.29 is 4.79 Å². The zero-order chi connectivity index (χ0) is 17.0. The lowest BCUT2D eigenvalue weighted by Crippen LogP contribution is -2.44. The lowest BCUT2D eigenvalue weighted by atomic mass is 9.92. The quantitative estimate of drug-likeness (QED) is 0.916. The fraction of sp³-hybridized carbons (Fsp3) is 0.706. The summed E-state index contributed by atoms with van der Waals surface area (Å²) in [4.78, 5) is 24.3. The van der Waals surface area contributed by atoms with Crippen molar-refractivity contribution in [1.29, 1.82) is 0 Å². The highest BCUT2D eigenvalue weighted by atomic mass is 16.2. The third-order valence-corrected chi connectivity index (χ3v) is 4.23. The molecule has 0 unspecified atom stereocenters. The Morgan fingerprint density at radius 3 is 2.52 bits per heavy atom. The first-order valence-electron chi connectivity index (χ1n) is 8.27. The first-order valence-corrected chi connectivity index (χ1v) is 8.27. The van der Waals surface area contributed by atoms with Crippen LogP contribution in [-0.4, -0.2) is 65.4 Å². The van der Waals surface area contributed by atoms with Gasteiger partial charge >= 0.3 is 0 Å². The fourth-order valence-electron chi connectivity index (χ4n) is 2.62. The standard InChI is InChI=1S/C17H29N5O/c1-17(2,3)14-10-15(19-12-18-14)20-13-6-8-22(9-7-13)11-16(23)21(4)5/h10,12-13H,6-9,11H2,1-5H3,(H,18,19,20). The topological polar surface area (TPSA) is 61.4 Å². The van der Waals surface area contributed by atoms with Gasteiger partial charge < -0.3 is 10.2 Å². The summed E-state index contributed by atoms with van der Waals surface area (Å²) in [6, 6.07) is 2.45. The van der Waals surface area contributed by atoms with E-state index in [0.717, 1.165) is 37.4 Å². The lowest BCUT2D eigenvalue weighted by molar-refractivity contribution is -0.130. The summed E-state index contributed by atoms with van der Waals surface area (Å²) in [6.45, 7) is 8.85. The normalized spacial score (nSPS) is 17.1. The summed E-state index contributed by atoms with van der Waals surface area (Å²) >= 11 is 0. The summed E-state index contributed by atoms with van der Waals surface area (Å²) in [5.74, 6) is 1.06. The molecule has 0 atom stereocenters. The molecule has 128 valence electrons. The van der Waals surface area contributed by atoms with E-state index in [2.05, 4.69) is 41.0 Å². The van der Waals surface area contributed by atoms with E-state index in [0.29, 0.717) is 12.6 Å². The average molecular weight is 319 g/mol. The third kappa shape index (κ3) is 5.16. The minimum atomic E-state index is 0.0231. The highest BCUT2D eigenvalue weighted by Gasteiger charge is 2.22. The number of likely N-dealkylation sites (N-methyl/N-ethyl adjacent to an activating group) is 1. The number of rotatable bonds is 4. The van der Waals surface area contributed by atoms with Gasteiger partial charge in [-0.05, 0) is 12.8 Å². The Balaban J connectivity index is 1.86. The molecule has 0 aromatic carbocycles. The molecule has 1 saturated heterocycles. The molecule has 23 heavy (non-hydrogen) atoms. The number of nitrogens with one attached hydrogen (secondary N) is 1. The number of hydrogen-bond donors (Lipinski definition) is 1. The van der Waals surface area contributed by atoms with Crippen LogP contribution in [-0.2, 0) is 10.2 Å². The van der Waals surface area contributed by atoms with Crippen LogP contribution in [0.2, 0.25) is 0 Å². The third-order valence-electron chi connectivity index (χ3n) is 4.23. The number of amides is 1. The van der Waals surface area contributed by atoms with E-state index in [-0.39, 0.29) is 11.3 Å². The van der Waals surface area contributed by atoms with Gasteiger partial charge in [0.05, 0.1) is 12.2 Å². The summed E-state index contributed by atoms with van der Waals surface area (Å²) in [5, 5.41) is 3.52. The van der Waals surface area contributed by atoms with Crippen molar-refractivity contribution in [3.63, 3.8) is 0 Å². The van der Waals surface area contributed by atoms with Crippen LogP contribution in [0.5, 0.6) is 0 Å². The molecule has 1 aliphatic heterocycles. The number of likely N-dealkylation sites (tertiary alicyclic amines) is 1. The van der Waals surface area contributed by atoms with E-state index in [4.69, 9.17) is 0 Å². The van der Waals surface area contributed by atoms with Gasteiger partial charge in [0, 0.05) is 44.7 Å². The van der Waals surface area contributed by atoms with Crippen molar-refractivity contribution in [2.45, 2.75) is 45.1 Å². The number of nitrogens with zero attached hydrogens (tertiary/aromatic N) is 4.